The number of alkyl halides is 3. The van der Waals surface area contributed by atoms with Gasteiger partial charge in [-0.3, -0.25) is 23.7 Å². The fraction of sp³-hybridized carbons (Fsp3) is 0.200. The van der Waals surface area contributed by atoms with E-state index in [1.807, 2.05) is 13.0 Å². The van der Waals surface area contributed by atoms with E-state index >= 15 is 0 Å². The van der Waals surface area contributed by atoms with Crippen molar-refractivity contribution in [3.05, 3.63) is 109 Å². The summed E-state index contributed by atoms with van der Waals surface area (Å²) in [5.74, 6) is -3.51. The number of imide groups is 1. The van der Waals surface area contributed by atoms with E-state index in [1.165, 1.54) is 10.6 Å². The van der Waals surface area contributed by atoms with Gasteiger partial charge in [-0.15, -0.1) is 0 Å². The van der Waals surface area contributed by atoms with Crippen molar-refractivity contribution in [1.82, 2.24) is 4.57 Å². The van der Waals surface area contributed by atoms with Crippen molar-refractivity contribution in [2.45, 2.75) is 35.8 Å². The van der Waals surface area contributed by atoms with Crippen LogP contribution < -0.4 is 15.1 Å². The first-order valence-corrected chi connectivity index (χ1v) is 15.5. The summed E-state index contributed by atoms with van der Waals surface area (Å²) in [7, 11) is 0. The Morgan fingerprint density at radius 1 is 0.977 bits per heavy atom. The maximum atomic E-state index is 13.9. The lowest BCUT2D eigenvalue weighted by Gasteiger charge is -2.30. The van der Waals surface area contributed by atoms with Gasteiger partial charge < -0.3 is 5.32 Å². The van der Waals surface area contributed by atoms with Crippen LogP contribution in [0.5, 0.6) is 0 Å². The third-order valence-corrected chi connectivity index (χ3v) is 10.4. The average Bonchev–Trinajstić information content (AvgIpc) is 3.38. The predicted molar refractivity (Wildman–Crippen MR) is 161 cm³/mol. The second-order valence-corrected chi connectivity index (χ2v) is 13.2. The molecule has 1 N–H and O–H groups in total. The number of thioether (sulfide) groups is 1. The zero-order valence-electron chi connectivity index (χ0n) is 22.2. The maximum absolute atomic E-state index is 13.9. The van der Waals surface area contributed by atoms with Crippen molar-refractivity contribution in [3.8, 4) is 0 Å². The number of halogens is 4. The number of carbonyl (C=O) groups excluding carboxylic acids is 3. The van der Waals surface area contributed by atoms with Gasteiger partial charge in [-0.05, 0) is 60.5 Å². The van der Waals surface area contributed by atoms with Crippen molar-refractivity contribution in [2.75, 3.05) is 10.2 Å². The summed E-state index contributed by atoms with van der Waals surface area (Å²) in [6.07, 6.45) is -4.67. The number of fused-ring (bicyclic) bond motifs is 2. The van der Waals surface area contributed by atoms with Crippen LogP contribution in [0.4, 0.5) is 24.5 Å². The standard InChI is InChI=1S/C30H21BrF3N3O4S2/c1-15-5-2-9-19(11-15)35-21(38)14-36-28-25(43-29(36)41)22(16-6-3-8-18(31)12-16)23-24(42-28)27(40)37(26(23)39)20-10-4-7-17(13-20)30(32,33)34/h2-13,22-24H,14H2,1H3,(H,35,38)/t22-,23-,24+/m0/s1. The molecule has 3 heterocycles. The second kappa shape index (κ2) is 11.1. The molecule has 1 aromatic heterocycles. The first-order chi connectivity index (χ1) is 20.4. The number of aromatic nitrogens is 1. The molecule has 7 nitrogen and oxygen atoms in total. The summed E-state index contributed by atoms with van der Waals surface area (Å²) in [6.45, 7) is 1.56. The van der Waals surface area contributed by atoms with E-state index in [1.54, 1.807) is 42.5 Å². The molecule has 2 aliphatic heterocycles. The minimum atomic E-state index is -4.67. The summed E-state index contributed by atoms with van der Waals surface area (Å²) in [5.41, 5.74) is 0.997. The highest BCUT2D eigenvalue weighted by Crippen LogP contribution is 2.54. The minimum Gasteiger partial charge on any atom is -0.325 e. The molecule has 220 valence electrons. The van der Waals surface area contributed by atoms with E-state index < -0.39 is 51.4 Å². The number of rotatable bonds is 5. The molecule has 13 heteroatoms. The molecule has 4 aromatic rings. The molecule has 0 unspecified atom stereocenters. The van der Waals surface area contributed by atoms with Crippen LogP contribution in [0.25, 0.3) is 0 Å². The van der Waals surface area contributed by atoms with Crippen molar-refractivity contribution in [3.63, 3.8) is 0 Å². The number of anilines is 2. The van der Waals surface area contributed by atoms with Gasteiger partial charge in [-0.2, -0.15) is 13.2 Å². The van der Waals surface area contributed by atoms with E-state index in [4.69, 9.17) is 0 Å². The molecule has 0 bridgehead atoms. The SMILES string of the molecule is Cc1cccc(NC(=O)Cn2c3c(sc2=O)[C@@H](c2cccc(Br)c2)[C@@H]2C(=O)N(c4cccc(C(F)(F)F)c4)C(=O)[C@@H]2S3)c1. The molecule has 3 amide bonds. The summed E-state index contributed by atoms with van der Waals surface area (Å²) >= 11 is 5.33. The van der Waals surface area contributed by atoms with Gasteiger partial charge in [0.05, 0.1) is 22.2 Å². The van der Waals surface area contributed by atoms with Crippen LogP contribution in [0.15, 0.2) is 87.1 Å². The topological polar surface area (TPSA) is 88.5 Å². The van der Waals surface area contributed by atoms with Crippen LogP contribution in [-0.2, 0) is 27.1 Å². The van der Waals surface area contributed by atoms with Crippen LogP contribution in [-0.4, -0.2) is 27.5 Å². The third-order valence-electron chi connectivity index (χ3n) is 7.29. The number of carbonyl (C=O) groups is 3. The van der Waals surface area contributed by atoms with Gasteiger partial charge in [0.1, 0.15) is 11.8 Å². The fourth-order valence-corrected chi connectivity index (χ4v) is 8.65. The monoisotopic (exact) mass is 687 g/mol. The van der Waals surface area contributed by atoms with Gasteiger partial charge in [0.2, 0.25) is 17.7 Å². The van der Waals surface area contributed by atoms with Crippen molar-refractivity contribution >= 4 is 68.1 Å². The van der Waals surface area contributed by atoms with E-state index in [-0.39, 0.29) is 12.2 Å². The Labute approximate surface area is 259 Å². The zero-order valence-corrected chi connectivity index (χ0v) is 25.4. The number of nitrogens with zero attached hydrogens (tertiary/aromatic N) is 2. The lowest BCUT2D eigenvalue weighted by Crippen LogP contribution is -2.33. The first kappa shape index (κ1) is 29.4. The average molecular weight is 689 g/mol. The molecular formula is C30H21BrF3N3O4S2. The van der Waals surface area contributed by atoms with Gasteiger partial charge in [-0.25, -0.2) is 4.90 Å². The largest absolute Gasteiger partial charge is 0.416 e. The Balaban J connectivity index is 1.41. The normalized spacial score (nSPS) is 19.7. The number of amides is 3. The molecule has 0 radical (unpaired) electrons. The van der Waals surface area contributed by atoms with E-state index in [9.17, 15) is 32.3 Å². The number of hydrogen-bond donors (Lipinski definition) is 1. The number of hydrogen-bond acceptors (Lipinski definition) is 6. The molecule has 0 saturated carbocycles. The smallest absolute Gasteiger partial charge is 0.325 e. The highest BCUT2D eigenvalue weighted by Gasteiger charge is 2.57. The number of thiazole rings is 1. The molecule has 3 aromatic carbocycles. The van der Waals surface area contributed by atoms with Gasteiger partial charge in [0, 0.05) is 21.0 Å². The molecule has 6 rings (SSSR count). The van der Waals surface area contributed by atoms with Crippen molar-refractivity contribution in [1.29, 1.82) is 0 Å². The highest BCUT2D eigenvalue weighted by atomic mass is 79.9. The van der Waals surface area contributed by atoms with Crippen molar-refractivity contribution in [2.24, 2.45) is 5.92 Å². The molecule has 0 spiro atoms. The minimum absolute atomic E-state index is 0.175. The van der Waals surface area contributed by atoms with Crippen LogP contribution in [0.2, 0.25) is 0 Å². The Morgan fingerprint density at radius 3 is 2.44 bits per heavy atom. The molecule has 43 heavy (non-hydrogen) atoms. The van der Waals surface area contributed by atoms with Crippen LogP contribution >= 0.6 is 39.0 Å². The number of aryl methyl sites for hydroxylation is 1. The van der Waals surface area contributed by atoms with Gasteiger partial charge >= 0.3 is 11.0 Å². The second-order valence-electron chi connectivity index (χ2n) is 10.2. The Hall–Kier alpha value is -3.68. The molecule has 0 aliphatic carbocycles. The lowest BCUT2D eigenvalue weighted by molar-refractivity contribution is -0.137. The quantitative estimate of drug-likeness (QED) is 0.244. The van der Waals surface area contributed by atoms with Crippen LogP contribution in [0.3, 0.4) is 0 Å². The Bertz CT molecular complexity index is 1850. The van der Waals surface area contributed by atoms with E-state index in [0.29, 0.717) is 25.6 Å². The summed E-state index contributed by atoms with van der Waals surface area (Å²) in [5, 5.41) is 2.14. The maximum Gasteiger partial charge on any atom is 0.416 e. The Kier molecular flexibility index (Phi) is 7.59. The van der Waals surface area contributed by atoms with Gasteiger partial charge in [0.25, 0.3) is 0 Å². The summed E-state index contributed by atoms with van der Waals surface area (Å²) < 4.78 is 42.5. The third kappa shape index (κ3) is 5.45. The van der Waals surface area contributed by atoms with Gasteiger partial charge in [0.15, 0.2) is 0 Å². The zero-order chi connectivity index (χ0) is 30.6. The highest BCUT2D eigenvalue weighted by molar-refractivity contribution is 9.10. The van der Waals surface area contributed by atoms with E-state index in [0.717, 1.165) is 51.8 Å². The Morgan fingerprint density at radius 2 is 1.72 bits per heavy atom. The van der Waals surface area contributed by atoms with E-state index in [2.05, 4.69) is 21.2 Å². The summed E-state index contributed by atoms with van der Waals surface area (Å²) in [6, 6.07) is 18.4. The first-order valence-electron chi connectivity index (χ1n) is 13.0. The molecule has 3 atom stereocenters. The lowest BCUT2D eigenvalue weighted by atomic mass is 9.83. The van der Waals surface area contributed by atoms with Gasteiger partial charge in [-0.1, -0.05) is 69.4 Å². The number of benzene rings is 3. The fourth-order valence-electron chi connectivity index (χ4n) is 5.46. The van der Waals surface area contributed by atoms with Crippen LogP contribution in [0.1, 0.15) is 27.5 Å². The predicted octanol–water partition coefficient (Wildman–Crippen LogP) is 6.43. The van der Waals surface area contributed by atoms with Crippen LogP contribution in [0, 0.1) is 12.8 Å². The molecular weight excluding hydrogens is 667 g/mol. The van der Waals surface area contributed by atoms with Crippen molar-refractivity contribution < 1.29 is 27.6 Å². The molecule has 2 aliphatic rings. The molecule has 1 fully saturated rings. The molecule has 1 saturated heterocycles. The summed E-state index contributed by atoms with van der Waals surface area (Å²) in [4.78, 5) is 55.0. The number of nitrogens with one attached hydrogen (secondary N) is 1.